The van der Waals surface area contributed by atoms with E-state index in [9.17, 15) is 23.1 Å². The first-order valence-electron chi connectivity index (χ1n) is 14.0. The van der Waals surface area contributed by atoms with E-state index in [1.165, 1.54) is 18.3 Å². The Balaban J connectivity index is 1.30. The summed E-state index contributed by atoms with van der Waals surface area (Å²) in [4.78, 5) is 27.6. The van der Waals surface area contributed by atoms with E-state index in [4.69, 9.17) is 20.2 Å². The summed E-state index contributed by atoms with van der Waals surface area (Å²) in [7, 11) is 0. The van der Waals surface area contributed by atoms with Crippen LogP contribution in [-0.2, 0) is 15.7 Å². The van der Waals surface area contributed by atoms with Gasteiger partial charge in [-0.2, -0.15) is 13.2 Å². The summed E-state index contributed by atoms with van der Waals surface area (Å²) in [5, 5.41) is 12.3. The molecule has 232 valence electrons. The number of alkyl halides is 3. The molecule has 1 amide bonds. The summed E-state index contributed by atoms with van der Waals surface area (Å²) in [6.07, 6.45) is 0.566. The molecule has 0 spiro atoms. The van der Waals surface area contributed by atoms with Crippen molar-refractivity contribution in [1.29, 1.82) is 0 Å². The van der Waals surface area contributed by atoms with Gasteiger partial charge in [0.25, 0.3) is 5.91 Å². The SMILES string of the molecule is Nc1nccn2c([C@H]3CN(C4CCOCC4)[C@H](CO)CO3)nc(-c3ccc(C(=O)Nc4cc(C(F)(F)F)ccn4)cc3F)c12. The lowest BCUT2D eigenvalue weighted by molar-refractivity contribution is -0.137. The molecule has 4 N–H and O–H groups in total. The number of nitrogens with two attached hydrogens (primary N) is 1. The second-order valence-corrected chi connectivity index (χ2v) is 10.6. The number of nitrogens with one attached hydrogen (secondary N) is 1. The van der Waals surface area contributed by atoms with Crippen molar-refractivity contribution in [2.24, 2.45) is 0 Å². The molecular formula is C29H29F4N7O4. The van der Waals surface area contributed by atoms with Crippen molar-refractivity contribution in [1.82, 2.24) is 24.3 Å². The fourth-order valence-electron chi connectivity index (χ4n) is 5.71. The molecule has 0 saturated carbocycles. The molecule has 4 aromatic rings. The number of pyridine rings is 1. The molecule has 0 aliphatic carbocycles. The molecule has 44 heavy (non-hydrogen) atoms. The predicted molar refractivity (Wildman–Crippen MR) is 150 cm³/mol. The van der Waals surface area contributed by atoms with Crippen LogP contribution in [0.3, 0.4) is 0 Å². The van der Waals surface area contributed by atoms with Gasteiger partial charge >= 0.3 is 6.18 Å². The Bertz CT molecular complexity index is 1680. The minimum absolute atomic E-state index is 0.0347. The highest BCUT2D eigenvalue weighted by molar-refractivity contribution is 6.04. The molecule has 2 saturated heterocycles. The van der Waals surface area contributed by atoms with Crippen LogP contribution in [0.1, 0.15) is 40.7 Å². The minimum Gasteiger partial charge on any atom is -0.395 e. The number of aliphatic hydroxyl groups excluding tert-OH is 1. The number of morpholine rings is 1. The van der Waals surface area contributed by atoms with Gasteiger partial charge in [0.15, 0.2) is 0 Å². The topological polar surface area (TPSA) is 140 Å². The van der Waals surface area contributed by atoms with Crippen LogP contribution in [0.15, 0.2) is 48.9 Å². The van der Waals surface area contributed by atoms with E-state index < -0.39 is 29.6 Å². The smallest absolute Gasteiger partial charge is 0.395 e. The molecule has 15 heteroatoms. The number of hydrogen-bond donors (Lipinski definition) is 3. The van der Waals surface area contributed by atoms with Gasteiger partial charge in [0, 0.05) is 55.5 Å². The molecule has 1 aromatic carbocycles. The van der Waals surface area contributed by atoms with Gasteiger partial charge in [-0.15, -0.1) is 0 Å². The Labute approximate surface area is 248 Å². The molecule has 11 nitrogen and oxygen atoms in total. The lowest BCUT2D eigenvalue weighted by atomic mass is 10.0. The molecule has 0 unspecified atom stereocenters. The van der Waals surface area contributed by atoms with Gasteiger partial charge < -0.3 is 25.6 Å². The van der Waals surface area contributed by atoms with Crippen molar-refractivity contribution in [3.8, 4) is 11.3 Å². The van der Waals surface area contributed by atoms with Crippen molar-refractivity contribution in [2.75, 3.05) is 44.0 Å². The van der Waals surface area contributed by atoms with Crippen LogP contribution >= 0.6 is 0 Å². The monoisotopic (exact) mass is 615 g/mol. The largest absolute Gasteiger partial charge is 0.416 e. The number of benzene rings is 1. The second-order valence-electron chi connectivity index (χ2n) is 10.6. The number of carbonyl (C=O) groups excluding carboxylic acids is 1. The Morgan fingerprint density at radius 3 is 2.66 bits per heavy atom. The third-order valence-electron chi connectivity index (χ3n) is 7.92. The van der Waals surface area contributed by atoms with Crippen molar-refractivity contribution in [3.63, 3.8) is 0 Å². The van der Waals surface area contributed by atoms with Gasteiger partial charge in [-0.1, -0.05) is 0 Å². The number of halogens is 4. The zero-order chi connectivity index (χ0) is 31.0. The van der Waals surface area contributed by atoms with E-state index in [2.05, 4.69) is 20.2 Å². The fourth-order valence-corrected chi connectivity index (χ4v) is 5.71. The van der Waals surface area contributed by atoms with Gasteiger partial charge in [0.2, 0.25) is 0 Å². The highest BCUT2D eigenvalue weighted by Gasteiger charge is 2.37. The number of rotatable bonds is 6. The van der Waals surface area contributed by atoms with Gasteiger partial charge in [0.1, 0.15) is 40.6 Å². The number of ether oxygens (including phenoxy) is 2. The Kier molecular flexibility index (Phi) is 8.20. The Morgan fingerprint density at radius 2 is 1.93 bits per heavy atom. The number of nitrogen functional groups attached to an aromatic ring is 1. The zero-order valence-corrected chi connectivity index (χ0v) is 23.3. The van der Waals surface area contributed by atoms with Crippen LogP contribution in [0.2, 0.25) is 0 Å². The van der Waals surface area contributed by atoms with Crippen molar-refractivity contribution >= 4 is 23.1 Å². The zero-order valence-electron chi connectivity index (χ0n) is 23.3. The highest BCUT2D eigenvalue weighted by Crippen LogP contribution is 2.36. The fraction of sp³-hybridized carbons (Fsp3) is 0.379. The van der Waals surface area contributed by atoms with Gasteiger partial charge in [-0.25, -0.2) is 19.3 Å². The summed E-state index contributed by atoms with van der Waals surface area (Å²) < 4.78 is 68.1. The number of carbonyl (C=O) groups is 1. The average Bonchev–Trinajstić information content (AvgIpc) is 3.41. The van der Waals surface area contributed by atoms with Gasteiger partial charge in [0.05, 0.1) is 24.8 Å². The number of nitrogens with zero attached hydrogens (tertiary/aromatic N) is 5. The van der Waals surface area contributed by atoms with E-state index >= 15 is 4.39 Å². The third-order valence-corrected chi connectivity index (χ3v) is 7.92. The molecule has 6 rings (SSSR count). The maximum atomic E-state index is 15.6. The normalized spacial score (nSPS) is 20.2. The van der Waals surface area contributed by atoms with Crippen LogP contribution < -0.4 is 11.1 Å². The lowest BCUT2D eigenvalue weighted by Crippen LogP contribution is -2.54. The lowest BCUT2D eigenvalue weighted by Gasteiger charge is -2.44. The van der Waals surface area contributed by atoms with E-state index in [0.29, 0.717) is 37.2 Å². The minimum atomic E-state index is -4.62. The summed E-state index contributed by atoms with van der Waals surface area (Å²) in [6.45, 7) is 1.90. The standard InChI is InChI=1S/C29H29F4N7O4/c30-21-11-16(28(42)37-23-12-17(3-6-35-23)29(31,32)33)1-2-20(21)24-25-26(34)36-7-8-39(25)27(38-24)22-13-40(19(14-41)15-44-22)18-4-9-43-10-5-18/h1-3,6-8,11-12,18-19,22,41H,4-5,9-10,13-15H2,(H2,34,36)(H,35,37,42)/t19-,22-/m1/s1. The first-order chi connectivity index (χ1) is 21.1. The summed E-state index contributed by atoms with van der Waals surface area (Å²) in [5.74, 6) is -1.42. The predicted octanol–water partition coefficient (Wildman–Crippen LogP) is 3.70. The summed E-state index contributed by atoms with van der Waals surface area (Å²) in [5.41, 5.74) is 5.67. The number of hydrogen-bond acceptors (Lipinski definition) is 9. The summed E-state index contributed by atoms with van der Waals surface area (Å²) in [6, 6.07) is 5.12. The molecule has 0 radical (unpaired) electrons. The van der Waals surface area contributed by atoms with Crippen molar-refractivity contribution < 1.29 is 36.9 Å². The Hall–Kier alpha value is -4.18. The third kappa shape index (κ3) is 5.83. The van der Waals surface area contributed by atoms with Crippen LogP contribution in [0.5, 0.6) is 0 Å². The number of aliphatic hydroxyl groups is 1. The first-order valence-corrected chi connectivity index (χ1v) is 14.0. The second kappa shape index (κ2) is 12.1. The maximum absolute atomic E-state index is 15.6. The van der Waals surface area contributed by atoms with Crippen LogP contribution in [0.4, 0.5) is 29.2 Å². The molecular weight excluding hydrogens is 586 g/mol. The van der Waals surface area contributed by atoms with Gasteiger partial charge in [-0.05, 0) is 43.2 Å². The van der Waals surface area contributed by atoms with Crippen LogP contribution in [0.25, 0.3) is 16.8 Å². The molecule has 5 heterocycles. The van der Waals surface area contributed by atoms with Crippen molar-refractivity contribution in [3.05, 3.63) is 71.7 Å². The number of aromatic nitrogens is 4. The van der Waals surface area contributed by atoms with Gasteiger partial charge in [-0.3, -0.25) is 14.1 Å². The molecule has 2 aliphatic rings. The first kappa shape index (κ1) is 29.9. The Morgan fingerprint density at radius 1 is 1.14 bits per heavy atom. The highest BCUT2D eigenvalue weighted by atomic mass is 19.4. The maximum Gasteiger partial charge on any atom is 0.416 e. The average molecular weight is 616 g/mol. The number of imidazole rings is 1. The van der Waals surface area contributed by atoms with Crippen LogP contribution in [0, 0.1) is 5.82 Å². The number of amides is 1. The number of fused-ring (bicyclic) bond motifs is 1. The molecule has 2 atom stereocenters. The molecule has 2 fully saturated rings. The van der Waals surface area contributed by atoms with Crippen LogP contribution in [-0.4, -0.2) is 80.3 Å². The molecule has 2 aliphatic heterocycles. The molecule has 0 bridgehead atoms. The quantitative estimate of drug-likeness (QED) is 0.277. The number of anilines is 2. The van der Waals surface area contributed by atoms with E-state index in [1.54, 1.807) is 10.6 Å². The van der Waals surface area contributed by atoms with E-state index in [1.807, 2.05) is 0 Å². The van der Waals surface area contributed by atoms with Crippen molar-refractivity contribution in [2.45, 2.75) is 37.2 Å². The van der Waals surface area contributed by atoms with E-state index in [0.717, 1.165) is 31.2 Å². The van der Waals surface area contributed by atoms with E-state index in [-0.39, 0.29) is 53.8 Å². The summed E-state index contributed by atoms with van der Waals surface area (Å²) >= 11 is 0. The molecule has 3 aromatic heterocycles.